The summed E-state index contributed by atoms with van der Waals surface area (Å²) in [6, 6.07) is 12.4. The van der Waals surface area contributed by atoms with Gasteiger partial charge in [-0.05, 0) is 61.4 Å². The van der Waals surface area contributed by atoms with Gasteiger partial charge >= 0.3 is 0 Å². The van der Waals surface area contributed by atoms with Crippen LogP contribution in [0.25, 0.3) is 11.4 Å². The molecule has 1 aromatic heterocycles. The van der Waals surface area contributed by atoms with Gasteiger partial charge in [-0.25, -0.2) is 18.7 Å². The zero-order valence-electron chi connectivity index (χ0n) is 19.1. The minimum absolute atomic E-state index is 0.0287. The number of nitrogens with zero attached hydrogens (tertiary/aromatic N) is 4. The Labute approximate surface area is 208 Å². The molecule has 1 N–H and O–H groups in total. The average molecular weight is 504 g/mol. The molecule has 0 saturated carbocycles. The van der Waals surface area contributed by atoms with E-state index < -0.39 is 11.6 Å². The first-order valence-corrected chi connectivity index (χ1v) is 13.1. The van der Waals surface area contributed by atoms with Gasteiger partial charge in [0.25, 0.3) is 0 Å². The van der Waals surface area contributed by atoms with Crippen molar-refractivity contribution in [2.24, 2.45) is 0 Å². The second kappa shape index (κ2) is 11.8. The van der Waals surface area contributed by atoms with Crippen LogP contribution in [0.1, 0.15) is 12.0 Å². The lowest BCUT2D eigenvalue weighted by atomic mass is 10.1. The fraction of sp³-hybridized carbons (Fsp3) is 0.360. The van der Waals surface area contributed by atoms with Crippen molar-refractivity contribution in [3.63, 3.8) is 0 Å². The van der Waals surface area contributed by atoms with Gasteiger partial charge < -0.3 is 10.2 Å². The summed E-state index contributed by atoms with van der Waals surface area (Å²) in [4.78, 5) is 13.4. The Morgan fingerprint density at radius 2 is 1.79 bits per heavy atom. The highest BCUT2D eigenvalue weighted by Gasteiger charge is 2.17. The van der Waals surface area contributed by atoms with E-state index in [1.54, 1.807) is 12.1 Å². The summed E-state index contributed by atoms with van der Waals surface area (Å²) >= 11 is 7.69. The summed E-state index contributed by atoms with van der Waals surface area (Å²) in [7, 11) is 0. The standard InChI is InChI=1S/C25H28ClF2N5S/c1-34-14-2-9-32-10-12-33(13-11-32)21-7-4-18(5-8-21)24-30-17-23(28)25(31-24)29-16-19-3-6-20(26)15-22(19)27/h3-8,15,17H,2,9-14,16H2,1H3,(H,29,30,31). The molecule has 180 valence electrons. The van der Waals surface area contributed by atoms with Gasteiger partial charge in [0.1, 0.15) is 5.82 Å². The largest absolute Gasteiger partial charge is 0.369 e. The van der Waals surface area contributed by atoms with Crippen LogP contribution in [-0.2, 0) is 6.54 Å². The smallest absolute Gasteiger partial charge is 0.183 e. The van der Waals surface area contributed by atoms with Crippen molar-refractivity contribution < 1.29 is 8.78 Å². The van der Waals surface area contributed by atoms with E-state index in [2.05, 4.69) is 43.5 Å². The molecule has 0 bridgehead atoms. The third-order valence-corrected chi connectivity index (χ3v) is 6.82. The van der Waals surface area contributed by atoms with Gasteiger partial charge in [-0.1, -0.05) is 17.7 Å². The van der Waals surface area contributed by atoms with Crippen molar-refractivity contribution in [3.05, 3.63) is 70.9 Å². The quantitative estimate of drug-likeness (QED) is 0.385. The van der Waals surface area contributed by atoms with Crippen LogP contribution >= 0.6 is 23.4 Å². The maximum Gasteiger partial charge on any atom is 0.183 e. The summed E-state index contributed by atoms with van der Waals surface area (Å²) < 4.78 is 28.3. The van der Waals surface area contributed by atoms with Crippen LogP contribution in [0, 0.1) is 11.6 Å². The molecule has 34 heavy (non-hydrogen) atoms. The van der Waals surface area contributed by atoms with Gasteiger partial charge in [0, 0.05) is 54.6 Å². The summed E-state index contributed by atoms with van der Waals surface area (Å²) in [6.07, 6.45) is 4.52. The Morgan fingerprint density at radius 1 is 1.03 bits per heavy atom. The maximum absolute atomic E-state index is 14.3. The van der Waals surface area contributed by atoms with E-state index in [1.165, 1.54) is 18.2 Å². The van der Waals surface area contributed by atoms with E-state index in [1.807, 2.05) is 23.9 Å². The SMILES string of the molecule is CSCCCN1CCN(c2ccc(-c3ncc(F)c(NCc4ccc(Cl)cc4F)n3)cc2)CC1. The number of hydrogen-bond acceptors (Lipinski definition) is 6. The van der Waals surface area contributed by atoms with Crippen molar-refractivity contribution in [2.75, 3.05) is 54.9 Å². The van der Waals surface area contributed by atoms with Crippen LogP contribution in [0.3, 0.4) is 0 Å². The minimum Gasteiger partial charge on any atom is -0.369 e. The third kappa shape index (κ3) is 6.37. The van der Waals surface area contributed by atoms with Crippen LogP contribution in [0.4, 0.5) is 20.3 Å². The number of thioether (sulfide) groups is 1. The number of benzene rings is 2. The minimum atomic E-state index is -0.592. The number of piperazine rings is 1. The van der Waals surface area contributed by atoms with Crippen LogP contribution in [0.15, 0.2) is 48.7 Å². The second-order valence-corrected chi connectivity index (χ2v) is 9.62. The molecular formula is C25H28ClF2N5S. The lowest BCUT2D eigenvalue weighted by molar-refractivity contribution is 0.259. The highest BCUT2D eigenvalue weighted by Crippen LogP contribution is 2.24. The number of nitrogens with one attached hydrogen (secondary N) is 1. The van der Waals surface area contributed by atoms with Gasteiger partial charge in [0.05, 0.1) is 6.20 Å². The normalized spacial score (nSPS) is 14.4. The number of rotatable bonds is 9. The molecule has 5 nitrogen and oxygen atoms in total. The third-order valence-electron chi connectivity index (χ3n) is 5.89. The van der Waals surface area contributed by atoms with E-state index in [4.69, 9.17) is 11.6 Å². The molecule has 2 aromatic carbocycles. The predicted molar refractivity (Wildman–Crippen MR) is 138 cm³/mol. The number of aromatic nitrogens is 2. The first-order valence-electron chi connectivity index (χ1n) is 11.3. The zero-order chi connectivity index (χ0) is 23.9. The number of halogens is 3. The van der Waals surface area contributed by atoms with Crippen molar-refractivity contribution in [1.29, 1.82) is 0 Å². The van der Waals surface area contributed by atoms with Crippen LogP contribution in [0.5, 0.6) is 0 Å². The van der Waals surface area contributed by atoms with Crippen LogP contribution in [0.2, 0.25) is 5.02 Å². The second-order valence-electron chi connectivity index (χ2n) is 8.20. The molecule has 0 aliphatic carbocycles. The van der Waals surface area contributed by atoms with E-state index in [0.717, 1.165) is 50.2 Å². The molecule has 3 aromatic rings. The Bertz CT molecular complexity index is 1090. The van der Waals surface area contributed by atoms with Gasteiger partial charge in [-0.15, -0.1) is 0 Å². The Balaban J connectivity index is 1.38. The van der Waals surface area contributed by atoms with Crippen molar-refractivity contribution in [3.8, 4) is 11.4 Å². The highest BCUT2D eigenvalue weighted by atomic mass is 35.5. The molecule has 0 spiro atoms. The van der Waals surface area contributed by atoms with Gasteiger partial charge in [-0.2, -0.15) is 11.8 Å². The molecule has 1 aliphatic heterocycles. The monoisotopic (exact) mass is 503 g/mol. The van der Waals surface area contributed by atoms with Gasteiger partial charge in [0.2, 0.25) is 0 Å². The molecule has 1 fully saturated rings. The Morgan fingerprint density at radius 3 is 2.50 bits per heavy atom. The summed E-state index contributed by atoms with van der Waals surface area (Å²) in [5, 5.41) is 3.17. The molecule has 0 amide bonds. The molecule has 2 heterocycles. The molecule has 0 unspecified atom stereocenters. The summed E-state index contributed by atoms with van der Waals surface area (Å²) in [5.41, 5.74) is 2.32. The molecule has 0 radical (unpaired) electrons. The van der Waals surface area contributed by atoms with Crippen LogP contribution in [-0.4, -0.2) is 59.6 Å². The molecule has 1 saturated heterocycles. The first-order chi connectivity index (χ1) is 16.5. The van der Waals surface area contributed by atoms with Gasteiger partial charge in [-0.3, -0.25) is 4.90 Å². The molecular weight excluding hydrogens is 476 g/mol. The highest BCUT2D eigenvalue weighted by molar-refractivity contribution is 7.98. The fourth-order valence-electron chi connectivity index (χ4n) is 3.96. The van der Waals surface area contributed by atoms with Gasteiger partial charge in [0.15, 0.2) is 17.5 Å². The summed E-state index contributed by atoms with van der Waals surface area (Å²) in [6.45, 7) is 5.39. The number of hydrogen-bond donors (Lipinski definition) is 1. The van der Waals surface area contributed by atoms with E-state index in [9.17, 15) is 8.78 Å². The fourth-order valence-corrected chi connectivity index (χ4v) is 4.53. The van der Waals surface area contributed by atoms with Crippen molar-refractivity contribution in [2.45, 2.75) is 13.0 Å². The van der Waals surface area contributed by atoms with Crippen molar-refractivity contribution >= 4 is 34.9 Å². The average Bonchev–Trinajstić information content (AvgIpc) is 2.85. The first kappa shape index (κ1) is 24.7. The number of anilines is 2. The lowest BCUT2D eigenvalue weighted by Crippen LogP contribution is -2.46. The van der Waals surface area contributed by atoms with E-state index in [-0.39, 0.29) is 12.4 Å². The summed E-state index contributed by atoms with van der Waals surface area (Å²) in [5.74, 6) is 0.602. The maximum atomic E-state index is 14.3. The lowest BCUT2D eigenvalue weighted by Gasteiger charge is -2.36. The predicted octanol–water partition coefficient (Wildman–Crippen LogP) is 5.56. The van der Waals surface area contributed by atoms with Crippen LogP contribution < -0.4 is 10.2 Å². The Kier molecular flexibility index (Phi) is 8.59. The molecule has 9 heteroatoms. The Hall–Kier alpha value is -2.42. The molecule has 4 rings (SSSR count). The van der Waals surface area contributed by atoms with Crippen molar-refractivity contribution in [1.82, 2.24) is 14.9 Å². The van der Waals surface area contributed by atoms with E-state index in [0.29, 0.717) is 16.4 Å². The molecule has 0 atom stereocenters. The topological polar surface area (TPSA) is 44.3 Å². The van der Waals surface area contributed by atoms with E-state index >= 15 is 0 Å². The zero-order valence-corrected chi connectivity index (χ0v) is 20.7. The molecule has 1 aliphatic rings.